The molecule has 0 radical (unpaired) electrons. The summed E-state index contributed by atoms with van der Waals surface area (Å²) in [5.41, 5.74) is 1.85. The zero-order chi connectivity index (χ0) is 14.5. The Bertz CT molecular complexity index is 569. The molecule has 0 heterocycles. The lowest BCUT2D eigenvalue weighted by Crippen LogP contribution is -2.05. The van der Waals surface area contributed by atoms with E-state index in [0.717, 1.165) is 21.5 Å². The fourth-order valence-corrected chi connectivity index (χ4v) is 2.19. The quantitative estimate of drug-likeness (QED) is 0.829. The molecule has 2 aromatic carbocycles. The summed E-state index contributed by atoms with van der Waals surface area (Å²) in [5, 5.41) is 3.26. The van der Waals surface area contributed by atoms with Gasteiger partial charge in [0.05, 0.1) is 6.10 Å². The number of anilines is 1. The van der Waals surface area contributed by atoms with Gasteiger partial charge in [-0.3, -0.25) is 0 Å². The molecule has 0 atom stereocenters. The summed E-state index contributed by atoms with van der Waals surface area (Å²) in [6.07, 6.45) is 0.164. The predicted molar refractivity (Wildman–Crippen MR) is 83.6 cm³/mol. The van der Waals surface area contributed by atoms with Gasteiger partial charge in [-0.2, -0.15) is 0 Å². The first-order valence-corrected chi connectivity index (χ1v) is 7.28. The number of hydrogen-bond donors (Lipinski definition) is 1. The van der Waals surface area contributed by atoms with Crippen LogP contribution in [0, 0.1) is 5.82 Å². The Morgan fingerprint density at radius 2 is 1.85 bits per heavy atom. The molecule has 0 aromatic heterocycles. The number of nitrogens with one attached hydrogen (secondary N) is 1. The molecular weight excluding hydrogens is 321 g/mol. The fraction of sp³-hybridized carbons (Fsp3) is 0.250. The van der Waals surface area contributed by atoms with E-state index >= 15 is 0 Å². The van der Waals surface area contributed by atoms with Crippen LogP contribution < -0.4 is 10.1 Å². The van der Waals surface area contributed by atoms with E-state index in [1.807, 2.05) is 38.1 Å². The molecule has 0 unspecified atom stereocenters. The summed E-state index contributed by atoms with van der Waals surface area (Å²) in [7, 11) is 0. The third-order valence-electron chi connectivity index (χ3n) is 2.72. The van der Waals surface area contributed by atoms with Gasteiger partial charge in [-0.1, -0.05) is 15.9 Å². The van der Waals surface area contributed by atoms with E-state index in [9.17, 15) is 4.39 Å². The largest absolute Gasteiger partial charge is 0.491 e. The van der Waals surface area contributed by atoms with Crippen molar-refractivity contribution in [2.24, 2.45) is 0 Å². The standard InChI is InChI=1S/C16H17BrFNO/c1-11(2)20-15-6-4-14(5-7-15)19-10-12-9-13(18)3-8-16(12)17/h3-9,11,19H,10H2,1-2H3. The fourth-order valence-electron chi connectivity index (χ4n) is 1.80. The number of rotatable bonds is 5. The third kappa shape index (κ3) is 4.23. The lowest BCUT2D eigenvalue weighted by Gasteiger charge is -2.11. The zero-order valence-corrected chi connectivity index (χ0v) is 13.1. The van der Waals surface area contributed by atoms with Crippen molar-refractivity contribution >= 4 is 21.6 Å². The van der Waals surface area contributed by atoms with Gasteiger partial charge in [0, 0.05) is 16.7 Å². The Balaban J connectivity index is 1.98. The smallest absolute Gasteiger partial charge is 0.123 e. The van der Waals surface area contributed by atoms with E-state index in [-0.39, 0.29) is 11.9 Å². The van der Waals surface area contributed by atoms with E-state index in [1.165, 1.54) is 12.1 Å². The highest BCUT2D eigenvalue weighted by atomic mass is 79.9. The number of hydrogen-bond acceptors (Lipinski definition) is 2. The van der Waals surface area contributed by atoms with Crippen molar-refractivity contribution in [1.82, 2.24) is 0 Å². The highest BCUT2D eigenvalue weighted by Crippen LogP contribution is 2.21. The second-order valence-electron chi connectivity index (χ2n) is 4.78. The molecule has 0 aliphatic rings. The van der Waals surface area contributed by atoms with Gasteiger partial charge >= 0.3 is 0 Å². The van der Waals surface area contributed by atoms with Crippen molar-refractivity contribution in [3.63, 3.8) is 0 Å². The van der Waals surface area contributed by atoms with Crippen molar-refractivity contribution in [2.45, 2.75) is 26.5 Å². The second-order valence-corrected chi connectivity index (χ2v) is 5.63. The molecule has 2 aromatic rings. The molecule has 20 heavy (non-hydrogen) atoms. The monoisotopic (exact) mass is 337 g/mol. The maximum Gasteiger partial charge on any atom is 0.123 e. The van der Waals surface area contributed by atoms with E-state index in [1.54, 1.807) is 6.07 Å². The number of halogens is 2. The van der Waals surface area contributed by atoms with Gasteiger partial charge in [0.2, 0.25) is 0 Å². The number of benzene rings is 2. The van der Waals surface area contributed by atoms with Gasteiger partial charge < -0.3 is 10.1 Å². The molecule has 2 nitrogen and oxygen atoms in total. The summed E-state index contributed by atoms with van der Waals surface area (Å²) in [4.78, 5) is 0. The normalized spacial score (nSPS) is 10.7. The van der Waals surface area contributed by atoms with Gasteiger partial charge in [-0.05, 0) is 61.9 Å². The van der Waals surface area contributed by atoms with Crippen molar-refractivity contribution in [3.05, 3.63) is 58.3 Å². The molecular formula is C16H17BrFNO. The maximum absolute atomic E-state index is 13.2. The van der Waals surface area contributed by atoms with Gasteiger partial charge in [0.15, 0.2) is 0 Å². The van der Waals surface area contributed by atoms with Gasteiger partial charge in [-0.25, -0.2) is 4.39 Å². The van der Waals surface area contributed by atoms with Crippen LogP contribution in [-0.2, 0) is 6.54 Å². The highest BCUT2D eigenvalue weighted by Gasteiger charge is 2.02. The summed E-state index contributed by atoms with van der Waals surface area (Å²) in [6, 6.07) is 12.4. The average Bonchev–Trinajstić information content (AvgIpc) is 2.41. The van der Waals surface area contributed by atoms with Crippen LogP contribution in [-0.4, -0.2) is 6.10 Å². The number of ether oxygens (including phenoxy) is 1. The SMILES string of the molecule is CC(C)Oc1ccc(NCc2cc(F)ccc2Br)cc1. The molecule has 4 heteroatoms. The lowest BCUT2D eigenvalue weighted by atomic mass is 10.2. The summed E-state index contributed by atoms with van der Waals surface area (Å²) < 4.78 is 19.7. The van der Waals surface area contributed by atoms with Crippen LogP contribution in [0.25, 0.3) is 0 Å². The van der Waals surface area contributed by atoms with Crippen molar-refractivity contribution in [1.29, 1.82) is 0 Å². The second kappa shape index (κ2) is 6.75. The van der Waals surface area contributed by atoms with Crippen LogP contribution in [0.2, 0.25) is 0 Å². The Kier molecular flexibility index (Phi) is 5.01. The third-order valence-corrected chi connectivity index (χ3v) is 3.49. The summed E-state index contributed by atoms with van der Waals surface area (Å²) in [6.45, 7) is 4.55. The van der Waals surface area contributed by atoms with Crippen LogP contribution in [0.1, 0.15) is 19.4 Å². The first-order valence-electron chi connectivity index (χ1n) is 6.49. The summed E-state index contributed by atoms with van der Waals surface area (Å²) >= 11 is 3.42. The van der Waals surface area contributed by atoms with Gasteiger partial charge in [-0.15, -0.1) is 0 Å². The van der Waals surface area contributed by atoms with Crippen LogP contribution in [0.4, 0.5) is 10.1 Å². The van der Waals surface area contributed by atoms with Gasteiger partial charge in [0.25, 0.3) is 0 Å². The Hall–Kier alpha value is -1.55. The van der Waals surface area contributed by atoms with E-state index < -0.39 is 0 Å². The first-order chi connectivity index (χ1) is 9.54. The molecule has 0 saturated heterocycles. The maximum atomic E-state index is 13.2. The van der Waals surface area contributed by atoms with E-state index in [0.29, 0.717) is 6.54 Å². The zero-order valence-electron chi connectivity index (χ0n) is 11.5. The minimum absolute atomic E-state index is 0.164. The Morgan fingerprint density at radius 3 is 2.50 bits per heavy atom. The van der Waals surface area contributed by atoms with Crippen LogP contribution in [0.15, 0.2) is 46.9 Å². The molecule has 0 aliphatic heterocycles. The van der Waals surface area contributed by atoms with Crippen molar-refractivity contribution < 1.29 is 9.13 Å². The molecule has 0 saturated carbocycles. The Morgan fingerprint density at radius 1 is 1.15 bits per heavy atom. The molecule has 0 fully saturated rings. The minimum Gasteiger partial charge on any atom is -0.491 e. The molecule has 0 spiro atoms. The van der Waals surface area contributed by atoms with Crippen LogP contribution >= 0.6 is 15.9 Å². The highest BCUT2D eigenvalue weighted by molar-refractivity contribution is 9.10. The van der Waals surface area contributed by atoms with E-state index in [2.05, 4.69) is 21.2 Å². The van der Waals surface area contributed by atoms with E-state index in [4.69, 9.17) is 4.74 Å². The predicted octanol–water partition coefficient (Wildman–Crippen LogP) is 4.99. The summed E-state index contributed by atoms with van der Waals surface area (Å²) in [5.74, 6) is 0.614. The molecule has 0 amide bonds. The Labute approximate surface area is 127 Å². The van der Waals surface area contributed by atoms with Crippen molar-refractivity contribution in [2.75, 3.05) is 5.32 Å². The van der Waals surface area contributed by atoms with Crippen LogP contribution in [0.3, 0.4) is 0 Å². The molecule has 0 bridgehead atoms. The first kappa shape index (κ1) is 14.9. The molecule has 1 N–H and O–H groups in total. The lowest BCUT2D eigenvalue weighted by molar-refractivity contribution is 0.242. The molecule has 106 valence electrons. The van der Waals surface area contributed by atoms with Crippen molar-refractivity contribution in [3.8, 4) is 5.75 Å². The topological polar surface area (TPSA) is 21.3 Å². The average molecular weight is 338 g/mol. The van der Waals surface area contributed by atoms with Gasteiger partial charge in [0.1, 0.15) is 11.6 Å². The minimum atomic E-state index is -0.231. The molecule has 2 rings (SSSR count). The van der Waals surface area contributed by atoms with Crippen LogP contribution in [0.5, 0.6) is 5.75 Å². The molecule has 0 aliphatic carbocycles.